The van der Waals surface area contributed by atoms with Gasteiger partial charge in [-0.05, 0) is 48.6 Å². The van der Waals surface area contributed by atoms with Crippen LogP contribution in [0.3, 0.4) is 0 Å². The topological polar surface area (TPSA) is 66.9 Å². The maximum atomic E-state index is 13.2. The summed E-state index contributed by atoms with van der Waals surface area (Å²) in [6.45, 7) is 2.36. The van der Waals surface area contributed by atoms with E-state index in [0.717, 1.165) is 5.56 Å². The van der Waals surface area contributed by atoms with Crippen LogP contribution in [-0.2, 0) is 21.2 Å². The predicted molar refractivity (Wildman–Crippen MR) is 106 cm³/mol. The first-order valence-electron chi connectivity index (χ1n) is 9.75. The molecule has 0 spiro atoms. The number of hydrogen-bond donors (Lipinski definition) is 0. The number of carbonyl (C=O) groups is 1. The molecule has 1 saturated heterocycles. The van der Waals surface area contributed by atoms with Gasteiger partial charge in [-0.15, -0.1) is 0 Å². The monoisotopic (exact) mass is 428 g/mol. The third kappa shape index (κ3) is 4.95. The van der Waals surface area contributed by atoms with Crippen LogP contribution in [0.4, 0.5) is 8.78 Å². The molecule has 29 heavy (non-hydrogen) atoms. The molecule has 0 saturated carbocycles. The Balaban J connectivity index is 1.76. The molecule has 1 aromatic rings. The van der Waals surface area contributed by atoms with Crippen molar-refractivity contribution in [1.29, 1.82) is 0 Å². The largest absolute Gasteiger partial charge is 0.435 e. The van der Waals surface area contributed by atoms with Crippen LogP contribution in [0.25, 0.3) is 6.08 Å². The van der Waals surface area contributed by atoms with Crippen LogP contribution >= 0.6 is 0 Å². The van der Waals surface area contributed by atoms with Crippen molar-refractivity contribution in [3.8, 4) is 5.75 Å². The predicted octanol–water partition coefficient (Wildman–Crippen LogP) is 3.10. The Morgan fingerprint density at radius 1 is 1.10 bits per heavy atom. The number of aryl methyl sites for hydroxylation is 1. The number of nitrogens with zero attached hydrogens (tertiary/aromatic N) is 2. The Bertz CT molecular complexity index is 900. The zero-order valence-electron chi connectivity index (χ0n) is 16.6. The van der Waals surface area contributed by atoms with Gasteiger partial charge in [0.25, 0.3) is 0 Å². The van der Waals surface area contributed by atoms with Crippen molar-refractivity contribution in [2.45, 2.75) is 39.7 Å². The fourth-order valence-corrected chi connectivity index (χ4v) is 5.37. The number of ether oxygens (including phenoxy) is 1. The van der Waals surface area contributed by atoms with E-state index < -0.39 is 16.6 Å². The summed E-state index contributed by atoms with van der Waals surface area (Å²) in [6.07, 6.45) is 2.95. The number of rotatable bonds is 5. The van der Waals surface area contributed by atoms with Gasteiger partial charge in [-0.3, -0.25) is 4.79 Å². The van der Waals surface area contributed by atoms with Crippen LogP contribution in [-0.4, -0.2) is 56.3 Å². The van der Waals surface area contributed by atoms with Crippen LogP contribution < -0.4 is 4.74 Å². The minimum atomic E-state index is -3.64. The lowest BCUT2D eigenvalue weighted by atomic mass is 9.97. The highest BCUT2D eigenvalue weighted by atomic mass is 32.2. The molecule has 3 rings (SSSR count). The van der Waals surface area contributed by atoms with E-state index in [0.29, 0.717) is 49.4 Å². The lowest BCUT2D eigenvalue weighted by Crippen LogP contribution is -2.39. The summed E-state index contributed by atoms with van der Waals surface area (Å²) < 4.78 is 57.0. The van der Waals surface area contributed by atoms with E-state index in [1.54, 1.807) is 17.0 Å². The normalized spacial score (nSPS) is 18.4. The molecule has 6 nitrogen and oxygen atoms in total. The Labute approximate surface area is 170 Å². The van der Waals surface area contributed by atoms with Gasteiger partial charge >= 0.3 is 6.61 Å². The number of allylic oxidation sites excluding steroid dienone is 1. The van der Waals surface area contributed by atoms with E-state index in [-0.39, 0.29) is 24.1 Å². The van der Waals surface area contributed by atoms with Crippen molar-refractivity contribution in [2.75, 3.05) is 26.2 Å². The van der Waals surface area contributed by atoms with Crippen LogP contribution in [0, 0.1) is 5.92 Å². The summed E-state index contributed by atoms with van der Waals surface area (Å²) in [4.78, 5) is 14.3. The standard InChI is InChI=1S/C20H26F2N2O4S/c1-14(2)19(25)23-8-3-9-24(11-10-23)29(26,27)18-7-5-15-12-17(28-20(21)22)6-4-16(15)13-18/h4,6,12-14,20H,3,5,7-11H2,1-2H3. The third-order valence-corrected chi connectivity index (χ3v) is 7.26. The number of hydrogen-bond acceptors (Lipinski definition) is 4. The molecular weight excluding hydrogens is 402 g/mol. The maximum absolute atomic E-state index is 13.2. The molecule has 1 aromatic carbocycles. The third-order valence-electron chi connectivity index (χ3n) is 5.23. The highest BCUT2D eigenvalue weighted by molar-refractivity contribution is 7.93. The van der Waals surface area contributed by atoms with Crippen LogP contribution in [0.15, 0.2) is 23.1 Å². The van der Waals surface area contributed by atoms with Gasteiger partial charge in [0, 0.05) is 32.1 Å². The van der Waals surface area contributed by atoms with E-state index in [2.05, 4.69) is 4.74 Å². The quantitative estimate of drug-likeness (QED) is 0.723. The number of sulfonamides is 1. The molecule has 0 unspecified atom stereocenters. The zero-order chi connectivity index (χ0) is 21.2. The molecule has 1 aliphatic carbocycles. The second kappa shape index (κ2) is 8.79. The Hall–Kier alpha value is -2.00. The molecule has 1 fully saturated rings. The average molecular weight is 429 g/mol. The molecule has 0 atom stereocenters. The van der Waals surface area contributed by atoms with Gasteiger partial charge in [-0.25, -0.2) is 8.42 Å². The van der Waals surface area contributed by atoms with Gasteiger partial charge in [0.1, 0.15) is 5.75 Å². The zero-order valence-corrected chi connectivity index (χ0v) is 17.4. The van der Waals surface area contributed by atoms with Crippen molar-refractivity contribution >= 4 is 22.0 Å². The summed E-state index contributed by atoms with van der Waals surface area (Å²) in [5.74, 6) is -0.00702. The van der Waals surface area contributed by atoms with Crippen LogP contribution in [0.5, 0.6) is 5.75 Å². The average Bonchev–Trinajstić information content (AvgIpc) is 2.93. The smallest absolute Gasteiger partial charge is 0.387 e. The van der Waals surface area contributed by atoms with Gasteiger partial charge < -0.3 is 9.64 Å². The summed E-state index contributed by atoms with van der Waals surface area (Å²) in [5, 5.41) is 0. The minimum absolute atomic E-state index is 0.0388. The highest BCUT2D eigenvalue weighted by Crippen LogP contribution is 2.32. The molecule has 0 N–H and O–H groups in total. The van der Waals surface area contributed by atoms with Gasteiger partial charge in [-0.1, -0.05) is 19.9 Å². The molecule has 0 bridgehead atoms. The lowest BCUT2D eigenvalue weighted by molar-refractivity contribution is -0.134. The van der Waals surface area contributed by atoms with E-state index in [1.165, 1.54) is 16.4 Å². The van der Waals surface area contributed by atoms with E-state index >= 15 is 0 Å². The first kappa shape index (κ1) is 21.7. The summed E-state index contributed by atoms with van der Waals surface area (Å²) in [7, 11) is -3.64. The number of halogens is 2. The fourth-order valence-electron chi connectivity index (χ4n) is 3.71. The minimum Gasteiger partial charge on any atom is -0.435 e. The Kier molecular flexibility index (Phi) is 6.58. The fraction of sp³-hybridized carbons (Fsp3) is 0.550. The van der Waals surface area contributed by atoms with E-state index in [4.69, 9.17) is 0 Å². The number of carbonyl (C=O) groups excluding carboxylic acids is 1. The van der Waals surface area contributed by atoms with Gasteiger partial charge in [-0.2, -0.15) is 13.1 Å². The summed E-state index contributed by atoms with van der Waals surface area (Å²) in [5.41, 5.74) is 1.48. The van der Waals surface area contributed by atoms with Gasteiger partial charge in [0.15, 0.2) is 0 Å². The molecule has 1 aliphatic heterocycles. The van der Waals surface area contributed by atoms with Crippen molar-refractivity contribution in [1.82, 2.24) is 9.21 Å². The maximum Gasteiger partial charge on any atom is 0.387 e. The number of benzene rings is 1. The molecule has 160 valence electrons. The number of amides is 1. The number of fused-ring (bicyclic) bond motifs is 1. The summed E-state index contributed by atoms with van der Waals surface area (Å²) >= 11 is 0. The molecule has 0 aromatic heterocycles. The van der Waals surface area contributed by atoms with Gasteiger partial charge in [0.05, 0.1) is 4.91 Å². The second-order valence-electron chi connectivity index (χ2n) is 7.59. The Morgan fingerprint density at radius 2 is 1.86 bits per heavy atom. The van der Waals surface area contributed by atoms with E-state index in [9.17, 15) is 22.0 Å². The molecule has 2 aliphatic rings. The molecule has 9 heteroatoms. The van der Waals surface area contributed by atoms with Crippen molar-refractivity contribution in [3.63, 3.8) is 0 Å². The highest BCUT2D eigenvalue weighted by Gasteiger charge is 2.31. The molecular formula is C20H26F2N2O4S. The van der Waals surface area contributed by atoms with Gasteiger partial charge in [0.2, 0.25) is 15.9 Å². The second-order valence-corrected chi connectivity index (χ2v) is 9.58. The molecule has 1 amide bonds. The van der Waals surface area contributed by atoms with Crippen LogP contribution in [0.1, 0.15) is 37.8 Å². The molecule has 0 radical (unpaired) electrons. The Morgan fingerprint density at radius 3 is 2.55 bits per heavy atom. The lowest BCUT2D eigenvalue weighted by Gasteiger charge is -2.25. The first-order chi connectivity index (χ1) is 13.7. The first-order valence-corrected chi connectivity index (χ1v) is 11.2. The SMILES string of the molecule is CC(C)C(=O)N1CCCN(S(=O)(=O)C2=Cc3ccc(OC(F)F)cc3CC2)CC1. The van der Waals surface area contributed by atoms with Crippen molar-refractivity contribution in [2.24, 2.45) is 5.92 Å². The van der Waals surface area contributed by atoms with Crippen molar-refractivity contribution in [3.05, 3.63) is 34.2 Å². The molecule has 1 heterocycles. The summed E-state index contributed by atoms with van der Waals surface area (Å²) in [6, 6.07) is 4.55. The number of alkyl halides is 2. The van der Waals surface area contributed by atoms with E-state index in [1.807, 2.05) is 13.8 Å². The van der Waals surface area contributed by atoms with Crippen molar-refractivity contribution < 1.29 is 26.7 Å². The van der Waals surface area contributed by atoms with Crippen LogP contribution in [0.2, 0.25) is 0 Å².